The summed E-state index contributed by atoms with van der Waals surface area (Å²) < 4.78 is 5.61. The van der Waals surface area contributed by atoms with Crippen LogP contribution in [0.1, 0.15) is 32.8 Å². The zero-order valence-electron chi connectivity index (χ0n) is 16.8. The van der Waals surface area contributed by atoms with Crippen molar-refractivity contribution in [3.8, 4) is 5.75 Å². The Morgan fingerprint density at radius 3 is 2.34 bits per heavy atom. The second-order valence-electron chi connectivity index (χ2n) is 6.96. The van der Waals surface area contributed by atoms with Crippen molar-refractivity contribution in [2.24, 2.45) is 0 Å². The third-order valence-corrected chi connectivity index (χ3v) is 5.00. The molecule has 0 aromatic heterocycles. The van der Waals surface area contributed by atoms with Crippen LogP contribution in [0.3, 0.4) is 0 Å². The standard InChI is InChI=1S/C22H26Cl2N2O3/c1-4-20(22(28)25-15(2)3)26(13-16-10-11-18(23)19(24)12-16)21(27)14-29-17-8-6-5-7-9-17/h5-12,15,20H,4,13-14H2,1-3H3,(H,25,28)/t20-/m0/s1. The van der Waals surface area contributed by atoms with Crippen LogP contribution in [0.4, 0.5) is 0 Å². The van der Waals surface area contributed by atoms with Crippen molar-refractivity contribution in [2.45, 2.75) is 45.8 Å². The van der Waals surface area contributed by atoms with Crippen LogP contribution in [0.2, 0.25) is 10.0 Å². The summed E-state index contributed by atoms with van der Waals surface area (Å²) in [5.74, 6) is 0.108. The number of amides is 2. The molecule has 0 saturated heterocycles. The first kappa shape index (κ1) is 23.0. The molecule has 2 aromatic carbocycles. The van der Waals surface area contributed by atoms with Gasteiger partial charge in [0.1, 0.15) is 11.8 Å². The summed E-state index contributed by atoms with van der Waals surface area (Å²) >= 11 is 12.1. The maximum atomic E-state index is 13.0. The van der Waals surface area contributed by atoms with Crippen molar-refractivity contribution in [1.29, 1.82) is 0 Å². The fourth-order valence-corrected chi connectivity index (χ4v) is 3.20. The average molecular weight is 437 g/mol. The molecular formula is C22H26Cl2N2O3. The van der Waals surface area contributed by atoms with Gasteiger partial charge in [0.2, 0.25) is 5.91 Å². The summed E-state index contributed by atoms with van der Waals surface area (Å²) in [5.41, 5.74) is 0.781. The number of hydrogen-bond acceptors (Lipinski definition) is 3. The fourth-order valence-electron chi connectivity index (χ4n) is 2.88. The molecule has 0 spiro atoms. The van der Waals surface area contributed by atoms with Gasteiger partial charge in [-0.15, -0.1) is 0 Å². The van der Waals surface area contributed by atoms with Gasteiger partial charge in [-0.1, -0.05) is 54.4 Å². The molecule has 2 amide bonds. The summed E-state index contributed by atoms with van der Waals surface area (Å²) in [6, 6.07) is 13.6. The second kappa shape index (κ2) is 11.1. The van der Waals surface area contributed by atoms with E-state index in [1.807, 2.05) is 39.0 Å². The van der Waals surface area contributed by atoms with Crippen LogP contribution >= 0.6 is 23.2 Å². The average Bonchev–Trinajstić information content (AvgIpc) is 2.69. The van der Waals surface area contributed by atoms with Gasteiger partial charge in [0, 0.05) is 12.6 Å². The maximum absolute atomic E-state index is 13.0. The molecule has 2 aromatic rings. The summed E-state index contributed by atoms with van der Waals surface area (Å²) in [6.45, 7) is 5.69. The number of para-hydroxylation sites is 1. The zero-order chi connectivity index (χ0) is 21.4. The molecule has 5 nitrogen and oxygen atoms in total. The predicted octanol–water partition coefficient (Wildman–Crippen LogP) is 4.70. The number of rotatable bonds is 9. The number of nitrogens with one attached hydrogen (secondary N) is 1. The normalized spacial score (nSPS) is 11.8. The van der Waals surface area contributed by atoms with E-state index >= 15 is 0 Å². The van der Waals surface area contributed by atoms with E-state index in [2.05, 4.69) is 5.32 Å². The van der Waals surface area contributed by atoms with Crippen LogP contribution in [-0.4, -0.2) is 35.4 Å². The number of ether oxygens (including phenoxy) is 1. The molecule has 1 N–H and O–H groups in total. The summed E-state index contributed by atoms with van der Waals surface area (Å²) in [5, 5.41) is 3.72. The van der Waals surface area contributed by atoms with Gasteiger partial charge in [0.05, 0.1) is 10.0 Å². The molecule has 0 aliphatic rings. The van der Waals surface area contributed by atoms with Crippen molar-refractivity contribution >= 4 is 35.0 Å². The number of nitrogens with zero attached hydrogens (tertiary/aromatic N) is 1. The third-order valence-electron chi connectivity index (χ3n) is 4.26. The Kier molecular flexibility index (Phi) is 8.80. The van der Waals surface area contributed by atoms with Gasteiger partial charge < -0.3 is 15.0 Å². The Morgan fingerprint density at radius 2 is 1.76 bits per heavy atom. The predicted molar refractivity (Wildman–Crippen MR) is 116 cm³/mol. The molecule has 0 bridgehead atoms. The fraction of sp³-hybridized carbons (Fsp3) is 0.364. The number of halogens is 2. The molecule has 0 heterocycles. The number of carbonyl (C=O) groups excluding carboxylic acids is 2. The van der Waals surface area contributed by atoms with Crippen LogP contribution in [-0.2, 0) is 16.1 Å². The van der Waals surface area contributed by atoms with E-state index in [4.69, 9.17) is 27.9 Å². The lowest BCUT2D eigenvalue weighted by Crippen LogP contribution is -2.51. The maximum Gasteiger partial charge on any atom is 0.261 e. The minimum Gasteiger partial charge on any atom is -0.484 e. The van der Waals surface area contributed by atoms with Crippen molar-refractivity contribution < 1.29 is 14.3 Å². The van der Waals surface area contributed by atoms with E-state index in [9.17, 15) is 9.59 Å². The lowest BCUT2D eigenvalue weighted by atomic mass is 10.1. The van der Waals surface area contributed by atoms with Crippen molar-refractivity contribution in [3.05, 3.63) is 64.1 Å². The smallest absolute Gasteiger partial charge is 0.261 e. The van der Waals surface area contributed by atoms with Gasteiger partial charge in [0.25, 0.3) is 5.91 Å². The second-order valence-corrected chi connectivity index (χ2v) is 7.77. The summed E-state index contributed by atoms with van der Waals surface area (Å²) in [7, 11) is 0. The largest absolute Gasteiger partial charge is 0.484 e. The SMILES string of the molecule is CC[C@@H](C(=O)NC(C)C)N(Cc1ccc(Cl)c(Cl)c1)C(=O)COc1ccccc1. The number of benzene rings is 2. The molecule has 0 radical (unpaired) electrons. The monoisotopic (exact) mass is 436 g/mol. The molecule has 29 heavy (non-hydrogen) atoms. The minimum absolute atomic E-state index is 0.0287. The van der Waals surface area contributed by atoms with Gasteiger partial charge in [0.15, 0.2) is 6.61 Å². The van der Waals surface area contributed by atoms with E-state index in [0.717, 1.165) is 5.56 Å². The van der Waals surface area contributed by atoms with Crippen LogP contribution in [0.15, 0.2) is 48.5 Å². The van der Waals surface area contributed by atoms with Crippen LogP contribution in [0.5, 0.6) is 5.75 Å². The Balaban J connectivity index is 2.23. The molecule has 2 rings (SSSR count). The summed E-state index contributed by atoms with van der Waals surface area (Å²) in [6.07, 6.45) is 0.469. The first-order valence-electron chi connectivity index (χ1n) is 9.53. The van der Waals surface area contributed by atoms with Crippen LogP contribution < -0.4 is 10.1 Å². The van der Waals surface area contributed by atoms with E-state index < -0.39 is 6.04 Å². The number of hydrogen-bond donors (Lipinski definition) is 1. The van der Waals surface area contributed by atoms with Crippen LogP contribution in [0.25, 0.3) is 0 Å². The van der Waals surface area contributed by atoms with E-state index in [1.165, 1.54) is 4.90 Å². The van der Waals surface area contributed by atoms with Crippen molar-refractivity contribution in [1.82, 2.24) is 10.2 Å². The highest BCUT2D eigenvalue weighted by Gasteiger charge is 2.29. The molecule has 0 fully saturated rings. The Morgan fingerprint density at radius 1 is 1.07 bits per heavy atom. The highest BCUT2D eigenvalue weighted by molar-refractivity contribution is 6.42. The first-order valence-corrected chi connectivity index (χ1v) is 10.3. The molecule has 0 aliphatic heterocycles. The van der Waals surface area contributed by atoms with Crippen molar-refractivity contribution in [2.75, 3.05) is 6.61 Å². The molecule has 0 saturated carbocycles. The molecule has 156 valence electrons. The third kappa shape index (κ3) is 6.94. The highest BCUT2D eigenvalue weighted by atomic mass is 35.5. The van der Waals surface area contributed by atoms with Gasteiger partial charge in [-0.2, -0.15) is 0 Å². The van der Waals surface area contributed by atoms with Gasteiger partial charge in [-0.05, 0) is 50.1 Å². The van der Waals surface area contributed by atoms with Gasteiger partial charge in [-0.25, -0.2) is 0 Å². The van der Waals surface area contributed by atoms with E-state index in [1.54, 1.807) is 30.3 Å². The summed E-state index contributed by atoms with van der Waals surface area (Å²) in [4.78, 5) is 27.3. The molecular weight excluding hydrogens is 411 g/mol. The minimum atomic E-state index is -0.626. The molecule has 0 aliphatic carbocycles. The number of carbonyl (C=O) groups is 2. The highest BCUT2D eigenvalue weighted by Crippen LogP contribution is 2.24. The lowest BCUT2D eigenvalue weighted by Gasteiger charge is -2.31. The molecule has 7 heteroatoms. The first-order chi connectivity index (χ1) is 13.8. The van der Waals surface area contributed by atoms with Gasteiger partial charge >= 0.3 is 0 Å². The Labute approximate surface area is 181 Å². The molecule has 1 atom stereocenters. The zero-order valence-corrected chi connectivity index (χ0v) is 18.3. The van der Waals surface area contributed by atoms with E-state index in [-0.39, 0.29) is 31.0 Å². The Bertz CT molecular complexity index is 828. The quantitative estimate of drug-likeness (QED) is 0.619. The van der Waals surface area contributed by atoms with E-state index in [0.29, 0.717) is 22.2 Å². The molecule has 0 unspecified atom stereocenters. The topological polar surface area (TPSA) is 58.6 Å². The van der Waals surface area contributed by atoms with Crippen LogP contribution in [0, 0.1) is 0 Å². The lowest BCUT2D eigenvalue weighted by molar-refractivity contribution is -0.143. The van der Waals surface area contributed by atoms with Gasteiger partial charge in [-0.3, -0.25) is 9.59 Å². The van der Waals surface area contributed by atoms with Crippen molar-refractivity contribution in [3.63, 3.8) is 0 Å². The Hall–Kier alpha value is -2.24.